The zero-order valence-corrected chi connectivity index (χ0v) is 22.0. The molecule has 2 aliphatic heterocycles. The van der Waals surface area contributed by atoms with Crippen molar-refractivity contribution >= 4 is 40.0 Å². The van der Waals surface area contributed by atoms with Crippen LogP contribution in [-0.4, -0.2) is 65.1 Å². The van der Waals surface area contributed by atoms with Crippen LogP contribution in [0.2, 0.25) is 0 Å². The molecule has 1 saturated carbocycles. The van der Waals surface area contributed by atoms with Crippen molar-refractivity contribution in [2.45, 2.75) is 38.3 Å². The zero-order valence-electron chi connectivity index (χ0n) is 22.0. The van der Waals surface area contributed by atoms with Gasteiger partial charge in [0.15, 0.2) is 5.82 Å². The lowest BCUT2D eigenvalue weighted by Gasteiger charge is -2.36. The quantitative estimate of drug-likeness (QED) is 0.463. The summed E-state index contributed by atoms with van der Waals surface area (Å²) in [4.78, 5) is 39.1. The van der Waals surface area contributed by atoms with Crippen LogP contribution < -0.4 is 20.4 Å². The number of benzene rings is 2. The minimum atomic E-state index is -0.502. The van der Waals surface area contributed by atoms with Gasteiger partial charge in [-0.3, -0.25) is 14.6 Å². The molecule has 2 N–H and O–H groups in total. The SMILES string of the molecule is CCN1C(=O)Nc2c(F)c(CN3CCN(c4ccc(C(=O)NC5(CC#N)CC5)cc4F)CC3)cc3ncnc1c23. The molecule has 3 aromatic rings. The van der Waals surface area contributed by atoms with Crippen molar-refractivity contribution < 1.29 is 18.4 Å². The minimum Gasteiger partial charge on any atom is -0.367 e. The summed E-state index contributed by atoms with van der Waals surface area (Å²) < 4.78 is 30.7. The summed E-state index contributed by atoms with van der Waals surface area (Å²) in [6, 6.07) is 7.80. The third kappa shape index (κ3) is 4.56. The summed E-state index contributed by atoms with van der Waals surface area (Å²) >= 11 is 0. The van der Waals surface area contributed by atoms with Crippen molar-refractivity contribution in [1.29, 1.82) is 5.26 Å². The Labute approximate surface area is 229 Å². The molecule has 6 rings (SSSR count). The maximum absolute atomic E-state index is 15.6. The summed E-state index contributed by atoms with van der Waals surface area (Å²) in [7, 11) is 0. The predicted octanol–water partition coefficient (Wildman–Crippen LogP) is 3.78. The van der Waals surface area contributed by atoms with Crippen LogP contribution in [0.5, 0.6) is 0 Å². The van der Waals surface area contributed by atoms with E-state index in [2.05, 4.69) is 31.6 Å². The van der Waals surface area contributed by atoms with Gasteiger partial charge in [0.25, 0.3) is 5.91 Å². The smallest absolute Gasteiger partial charge is 0.327 e. The van der Waals surface area contributed by atoms with E-state index < -0.39 is 23.2 Å². The fourth-order valence-electron chi connectivity index (χ4n) is 5.49. The molecule has 3 aliphatic rings. The van der Waals surface area contributed by atoms with Gasteiger partial charge in [0.05, 0.1) is 40.3 Å². The Bertz CT molecular complexity index is 1560. The molecule has 0 unspecified atom stereocenters. The van der Waals surface area contributed by atoms with E-state index in [0.717, 1.165) is 12.8 Å². The molecule has 0 atom stereocenters. The number of carbonyl (C=O) groups is 2. The fourth-order valence-corrected chi connectivity index (χ4v) is 5.49. The van der Waals surface area contributed by atoms with Crippen molar-refractivity contribution in [2.75, 3.05) is 47.8 Å². The molecule has 2 aromatic carbocycles. The topological polar surface area (TPSA) is 117 Å². The second-order valence-corrected chi connectivity index (χ2v) is 10.5. The van der Waals surface area contributed by atoms with Gasteiger partial charge in [-0.15, -0.1) is 0 Å². The normalized spacial score (nSPS) is 17.9. The summed E-state index contributed by atoms with van der Waals surface area (Å²) in [5.41, 5.74) is 1.22. The Kier molecular flexibility index (Phi) is 6.46. The van der Waals surface area contributed by atoms with E-state index >= 15 is 8.78 Å². The molecule has 206 valence electrons. The van der Waals surface area contributed by atoms with E-state index in [4.69, 9.17) is 5.26 Å². The van der Waals surface area contributed by atoms with Gasteiger partial charge in [-0.05, 0) is 44.0 Å². The molecular formula is C28H28F2N8O2. The molecule has 3 amide bonds. The van der Waals surface area contributed by atoms with E-state index in [1.54, 1.807) is 18.2 Å². The number of urea groups is 1. The van der Waals surface area contributed by atoms with Crippen LogP contribution in [0.25, 0.3) is 10.9 Å². The first kappa shape index (κ1) is 25.9. The molecule has 0 spiro atoms. The molecule has 1 saturated heterocycles. The average Bonchev–Trinajstić information content (AvgIpc) is 3.70. The number of piperazine rings is 1. The molecule has 0 bridgehead atoms. The Morgan fingerprint density at radius 3 is 2.62 bits per heavy atom. The summed E-state index contributed by atoms with van der Waals surface area (Å²) in [5.74, 6) is -0.975. The number of hydrogen-bond acceptors (Lipinski definition) is 7. The molecular weight excluding hydrogens is 518 g/mol. The number of rotatable bonds is 7. The maximum Gasteiger partial charge on any atom is 0.327 e. The Morgan fingerprint density at radius 1 is 1.18 bits per heavy atom. The zero-order chi connectivity index (χ0) is 28.0. The van der Waals surface area contributed by atoms with Crippen LogP contribution in [0.1, 0.15) is 42.1 Å². The Balaban J connectivity index is 1.13. The predicted molar refractivity (Wildman–Crippen MR) is 145 cm³/mol. The van der Waals surface area contributed by atoms with E-state index in [9.17, 15) is 9.59 Å². The molecule has 2 fully saturated rings. The van der Waals surface area contributed by atoms with Crippen molar-refractivity contribution in [3.05, 3.63) is 53.4 Å². The van der Waals surface area contributed by atoms with E-state index in [-0.39, 0.29) is 23.6 Å². The first-order valence-corrected chi connectivity index (χ1v) is 13.3. The molecule has 10 nitrogen and oxygen atoms in total. The van der Waals surface area contributed by atoms with Gasteiger partial charge < -0.3 is 15.5 Å². The number of aromatic nitrogens is 2. The van der Waals surface area contributed by atoms with Gasteiger partial charge in [0.1, 0.15) is 18.0 Å². The van der Waals surface area contributed by atoms with Gasteiger partial charge in [-0.25, -0.2) is 23.5 Å². The van der Waals surface area contributed by atoms with Crippen LogP contribution in [0.15, 0.2) is 30.6 Å². The number of hydrogen-bond donors (Lipinski definition) is 2. The van der Waals surface area contributed by atoms with E-state index in [0.29, 0.717) is 67.2 Å². The van der Waals surface area contributed by atoms with Crippen LogP contribution in [0.4, 0.5) is 30.8 Å². The average molecular weight is 547 g/mol. The molecule has 1 aliphatic carbocycles. The van der Waals surface area contributed by atoms with Crippen molar-refractivity contribution in [1.82, 2.24) is 20.2 Å². The second-order valence-electron chi connectivity index (χ2n) is 10.5. The summed E-state index contributed by atoms with van der Waals surface area (Å²) in [6.45, 7) is 4.69. The molecule has 0 radical (unpaired) electrons. The van der Waals surface area contributed by atoms with Crippen molar-refractivity contribution in [3.8, 4) is 6.07 Å². The number of anilines is 3. The summed E-state index contributed by atoms with van der Waals surface area (Å²) in [5, 5.41) is 15.0. The number of nitriles is 1. The minimum absolute atomic E-state index is 0.0999. The van der Waals surface area contributed by atoms with Crippen LogP contribution in [0, 0.1) is 23.0 Å². The monoisotopic (exact) mass is 546 g/mol. The molecule has 12 heteroatoms. The molecule has 3 heterocycles. The van der Waals surface area contributed by atoms with Gasteiger partial charge in [0.2, 0.25) is 0 Å². The lowest BCUT2D eigenvalue weighted by Crippen LogP contribution is -2.46. The van der Waals surface area contributed by atoms with E-state index in [1.165, 1.54) is 17.3 Å². The molecule has 40 heavy (non-hydrogen) atoms. The Hall–Kier alpha value is -4.37. The first-order chi connectivity index (χ1) is 19.3. The highest BCUT2D eigenvalue weighted by Gasteiger charge is 2.44. The van der Waals surface area contributed by atoms with Crippen LogP contribution >= 0.6 is 0 Å². The summed E-state index contributed by atoms with van der Waals surface area (Å²) in [6.07, 6.45) is 3.13. The number of halogens is 2. The number of nitrogens with zero attached hydrogens (tertiary/aromatic N) is 6. The Morgan fingerprint density at radius 2 is 1.95 bits per heavy atom. The third-order valence-corrected chi connectivity index (χ3v) is 7.93. The van der Waals surface area contributed by atoms with Crippen molar-refractivity contribution in [3.63, 3.8) is 0 Å². The fraction of sp³-hybridized carbons (Fsp3) is 0.393. The highest BCUT2D eigenvalue weighted by Crippen LogP contribution is 2.39. The van der Waals surface area contributed by atoms with Gasteiger partial charge in [-0.2, -0.15) is 5.26 Å². The lowest BCUT2D eigenvalue weighted by molar-refractivity contribution is 0.0932. The number of nitrogens with one attached hydrogen (secondary N) is 2. The van der Waals surface area contributed by atoms with Crippen LogP contribution in [0.3, 0.4) is 0 Å². The second kappa shape index (κ2) is 9.98. The van der Waals surface area contributed by atoms with Crippen molar-refractivity contribution in [2.24, 2.45) is 0 Å². The van der Waals surface area contributed by atoms with Gasteiger partial charge >= 0.3 is 6.03 Å². The highest BCUT2D eigenvalue weighted by molar-refractivity contribution is 6.17. The maximum atomic E-state index is 15.6. The standard InChI is InChI=1S/C28H28F2N8O2/c1-2-38-25-22-20(32-16-33-25)14-18(23(30)24(22)34-27(38)40)15-36-9-11-37(12-10-36)21-4-3-17(13-19(21)29)26(39)35-28(5-6-28)7-8-31/h3-4,13-14,16H,2,5-7,9-12,15H2,1H3,(H,34,40)(H,35,39). The first-order valence-electron chi connectivity index (χ1n) is 13.3. The lowest BCUT2D eigenvalue weighted by atomic mass is 10.1. The highest BCUT2D eigenvalue weighted by atomic mass is 19.1. The third-order valence-electron chi connectivity index (χ3n) is 7.93. The van der Waals surface area contributed by atoms with Crippen LogP contribution in [-0.2, 0) is 6.54 Å². The van der Waals surface area contributed by atoms with Gasteiger partial charge in [0, 0.05) is 50.4 Å². The largest absolute Gasteiger partial charge is 0.367 e. The van der Waals surface area contributed by atoms with E-state index in [1.807, 2.05) is 11.8 Å². The molecule has 1 aromatic heterocycles. The van der Waals surface area contributed by atoms with Gasteiger partial charge in [-0.1, -0.05) is 0 Å². The number of amides is 3. The number of carbonyl (C=O) groups excluding carboxylic acids is 2.